The van der Waals surface area contributed by atoms with Crippen LogP contribution in [-0.2, 0) is 5.41 Å². The maximum absolute atomic E-state index is 11.7. The van der Waals surface area contributed by atoms with Crippen LogP contribution >= 0.6 is 11.6 Å². The third-order valence-corrected chi connectivity index (χ3v) is 7.31. The number of aliphatic hydroxyl groups is 1. The number of hydrogen-bond donors (Lipinski definition) is 2. The van der Waals surface area contributed by atoms with Crippen molar-refractivity contribution in [2.24, 2.45) is 0 Å². The maximum Gasteiger partial charge on any atom is 0.137 e. The molecule has 1 aliphatic heterocycles. The van der Waals surface area contributed by atoms with E-state index in [-0.39, 0.29) is 5.41 Å². The molecule has 2 unspecified atom stereocenters. The summed E-state index contributed by atoms with van der Waals surface area (Å²) in [7, 11) is 0. The number of nitrogens with one attached hydrogen (secondary N) is 1. The predicted molar refractivity (Wildman–Crippen MR) is 109 cm³/mol. The largest absolute Gasteiger partial charge is 0.387 e. The molecule has 2 aliphatic rings. The van der Waals surface area contributed by atoms with E-state index in [1.165, 1.54) is 0 Å². The summed E-state index contributed by atoms with van der Waals surface area (Å²) in [6.07, 6.45) is 6.53. The van der Waals surface area contributed by atoms with Gasteiger partial charge in [0.25, 0.3) is 0 Å². The molecule has 0 amide bonds. The van der Waals surface area contributed by atoms with E-state index in [1.807, 2.05) is 24.4 Å². The fourth-order valence-electron chi connectivity index (χ4n) is 5.46. The molecule has 2 atom stereocenters. The molecule has 4 nitrogen and oxygen atoms in total. The normalized spacial score (nSPS) is 28.6. The molecule has 0 saturated heterocycles. The third kappa shape index (κ3) is 2.06. The smallest absolute Gasteiger partial charge is 0.137 e. The van der Waals surface area contributed by atoms with Crippen LogP contribution in [0.15, 0.2) is 42.7 Å². The van der Waals surface area contributed by atoms with Gasteiger partial charge in [0.15, 0.2) is 0 Å². The number of hydrogen-bond acceptors (Lipinski definition) is 3. The van der Waals surface area contributed by atoms with E-state index in [2.05, 4.69) is 47.6 Å². The highest BCUT2D eigenvalue weighted by molar-refractivity contribution is 6.33. The van der Waals surface area contributed by atoms with Crippen molar-refractivity contribution in [3.05, 3.63) is 53.3 Å². The molecule has 3 heterocycles. The van der Waals surface area contributed by atoms with Gasteiger partial charge in [-0.2, -0.15) is 0 Å². The first-order valence-electron chi connectivity index (χ1n) is 9.54. The Hall–Kier alpha value is -2.04. The van der Waals surface area contributed by atoms with Crippen LogP contribution in [0.5, 0.6) is 0 Å². The van der Waals surface area contributed by atoms with Crippen LogP contribution in [0, 0.1) is 0 Å². The first-order valence-corrected chi connectivity index (χ1v) is 9.92. The summed E-state index contributed by atoms with van der Waals surface area (Å²) in [5.74, 6) is 0. The van der Waals surface area contributed by atoms with Gasteiger partial charge in [0, 0.05) is 23.4 Å². The lowest BCUT2D eigenvalue weighted by atomic mass is 9.60. The summed E-state index contributed by atoms with van der Waals surface area (Å²) in [6, 6.07) is 10.3. The van der Waals surface area contributed by atoms with Crippen molar-refractivity contribution in [2.75, 3.05) is 5.32 Å². The third-order valence-electron chi connectivity index (χ3n) is 7.01. The van der Waals surface area contributed by atoms with Crippen LogP contribution in [0.2, 0.25) is 5.02 Å². The van der Waals surface area contributed by atoms with Gasteiger partial charge >= 0.3 is 0 Å². The van der Waals surface area contributed by atoms with Gasteiger partial charge in [0.05, 0.1) is 27.5 Å². The molecule has 1 saturated carbocycles. The monoisotopic (exact) mass is 381 g/mol. The van der Waals surface area contributed by atoms with Crippen LogP contribution in [0.25, 0.3) is 16.9 Å². The van der Waals surface area contributed by atoms with Gasteiger partial charge in [0.2, 0.25) is 0 Å². The number of aromatic nitrogens is 2. The van der Waals surface area contributed by atoms with Gasteiger partial charge in [-0.05, 0) is 62.9 Å². The molecule has 27 heavy (non-hydrogen) atoms. The first-order chi connectivity index (χ1) is 12.8. The fraction of sp³-hybridized carbons (Fsp3) is 0.409. The molecule has 5 heteroatoms. The Bertz CT molecular complexity index is 1070. The predicted octanol–water partition coefficient (Wildman–Crippen LogP) is 5.03. The molecule has 5 rings (SSSR count). The van der Waals surface area contributed by atoms with Crippen LogP contribution in [0.3, 0.4) is 0 Å². The quantitative estimate of drug-likeness (QED) is 0.621. The van der Waals surface area contributed by atoms with E-state index in [0.29, 0.717) is 5.02 Å². The number of pyridine rings is 1. The first kappa shape index (κ1) is 17.1. The number of fused-ring (bicyclic) bond motifs is 4. The minimum absolute atomic E-state index is 0.334. The zero-order chi connectivity index (χ0) is 19.0. The molecular weight excluding hydrogens is 358 g/mol. The van der Waals surface area contributed by atoms with Gasteiger partial charge in [-0.25, -0.2) is 4.98 Å². The molecule has 1 aromatic carbocycles. The minimum Gasteiger partial charge on any atom is -0.387 e. The molecule has 140 valence electrons. The molecule has 1 fully saturated rings. The Kier molecular flexibility index (Phi) is 3.33. The van der Waals surface area contributed by atoms with Crippen LogP contribution < -0.4 is 5.32 Å². The summed E-state index contributed by atoms with van der Waals surface area (Å²) < 4.78 is 2.07. The number of halogens is 1. The second-order valence-corrected chi connectivity index (χ2v) is 9.15. The number of nitrogens with zero attached hydrogens (tertiary/aromatic N) is 2. The van der Waals surface area contributed by atoms with Crippen molar-refractivity contribution in [1.29, 1.82) is 0 Å². The lowest BCUT2D eigenvalue weighted by Crippen LogP contribution is -2.65. The number of rotatable bonds is 1. The lowest BCUT2D eigenvalue weighted by Gasteiger charge is -2.55. The SMILES string of the molecule is CC1(C)Nc2c(Cl)cc(-c3cccc4nccn34)cc2C2(C)CCCC12O. The van der Waals surface area contributed by atoms with Crippen molar-refractivity contribution in [3.8, 4) is 11.3 Å². The van der Waals surface area contributed by atoms with Crippen molar-refractivity contribution in [2.45, 2.75) is 56.6 Å². The van der Waals surface area contributed by atoms with Gasteiger partial charge in [-0.1, -0.05) is 24.6 Å². The highest BCUT2D eigenvalue weighted by Gasteiger charge is 2.63. The summed E-state index contributed by atoms with van der Waals surface area (Å²) >= 11 is 6.78. The highest BCUT2D eigenvalue weighted by Crippen LogP contribution is 2.60. The van der Waals surface area contributed by atoms with E-state index in [9.17, 15) is 5.11 Å². The summed E-state index contributed by atoms with van der Waals surface area (Å²) in [6.45, 7) is 6.35. The fourth-order valence-corrected chi connectivity index (χ4v) is 5.72. The number of imidazole rings is 1. The molecule has 3 aromatic rings. The van der Waals surface area contributed by atoms with Crippen molar-refractivity contribution < 1.29 is 5.11 Å². The molecule has 2 N–H and O–H groups in total. The van der Waals surface area contributed by atoms with Gasteiger partial charge in [-0.3, -0.25) is 4.40 Å². The van der Waals surface area contributed by atoms with Gasteiger partial charge in [0.1, 0.15) is 5.65 Å². The molecular formula is C22H24ClN3O. The average Bonchev–Trinajstić information content (AvgIpc) is 3.22. The van der Waals surface area contributed by atoms with E-state index < -0.39 is 11.1 Å². The van der Waals surface area contributed by atoms with Gasteiger partial charge in [-0.15, -0.1) is 0 Å². The molecule has 0 radical (unpaired) electrons. The Balaban J connectivity index is 1.78. The summed E-state index contributed by atoms with van der Waals surface area (Å²) in [5.41, 5.74) is 3.47. The second-order valence-electron chi connectivity index (χ2n) is 8.74. The Morgan fingerprint density at radius 1 is 1.19 bits per heavy atom. The second kappa shape index (κ2) is 5.27. The Labute approximate surface area is 164 Å². The van der Waals surface area contributed by atoms with E-state index in [1.54, 1.807) is 6.20 Å². The van der Waals surface area contributed by atoms with Crippen molar-refractivity contribution in [1.82, 2.24) is 9.38 Å². The van der Waals surface area contributed by atoms with E-state index in [4.69, 9.17) is 11.6 Å². The summed E-state index contributed by atoms with van der Waals surface area (Å²) in [4.78, 5) is 4.39. The van der Waals surface area contributed by atoms with Crippen molar-refractivity contribution >= 4 is 22.9 Å². The van der Waals surface area contributed by atoms with Crippen LogP contribution in [0.4, 0.5) is 5.69 Å². The molecule has 0 bridgehead atoms. The molecule has 1 aliphatic carbocycles. The van der Waals surface area contributed by atoms with Crippen LogP contribution in [-0.4, -0.2) is 25.6 Å². The zero-order valence-electron chi connectivity index (χ0n) is 15.9. The molecule has 0 spiro atoms. The van der Waals surface area contributed by atoms with Crippen molar-refractivity contribution in [3.63, 3.8) is 0 Å². The van der Waals surface area contributed by atoms with Gasteiger partial charge < -0.3 is 10.4 Å². The average molecular weight is 382 g/mol. The number of benzene rings is 1. The summed E-state index contributed by atoms with van der Waals surface area (Å²) in [5, 5.41) is 16.0. The zero-order valence-corrected chi connectivity index (χ0v) is 16.6. The lowest BCUT2D eigenvalue weighted by molar-refractivity contribution is -0.0628. The highest BCUT2D eigenvalue weighted by atomic mass is 35.5. The number of anilines is 1. The van der Waals surface area contributed by atoms with E-state index >= 15 is 0 Å². The van der Waals surface area contributed by atoms with E-state index in [0.717, 1.165) is 47.4 Å². The topological polar surface area (TPSA) is 49.6 Å². The molecule has 2 aromatic heterocycles. The Morgan fingerprint density at radius 3 is 2.81 bits per heavy atom. The Morgan fingerprint density at radius 2 is 2.00 bits per heavy atom. The van der Waals surface area contributed by atoms with Crippen LogP contribution in [0.1, 0.15) is 45.6 Å². The minimum atomic E-state index is -0.810. The maximum atomic E-state index is 11.7. The standard InChI is InChI=1S/C22H24ClN3O/c1-20(2)22(27)9-5-8-21(22,3)15-12-14(13-16(23)19(15)25-20)17-6-4-7-18-24-10-11-26(17)18/h4,6-7,10-13,25,27H,5,8-9H2,1-3H3.